The largest absolute Gasteiger partial charge is 0.253 e. The van der Waals surface area contributed by atoms with Crippen LogP contribution in [0, 0.1) is 0 Å². The Morgan fingerprint density at radius 3 is 2.86 bits per heavy atom. The monoisotopic (exact) mass is 268 g/mol. The first-order chi connectivity index (χ1) is 6.79. The van der Waals surface area contributed by atoms with E-state index in [0.29, 0.717) is 0 Å². The molecule has 2 heterocycles. The number of hydrogen-bond acceptors (Lipinski definition) is 3. The van der Waals surface area contributed by atoms with E-state index in [1.54, 1.807) is 17.5 Å². The standard InChI is InChI=1S/C10H9BrN2S/c1-2-8-6-14-10(13-8)9-4-3-7(11)5-12-9/h3-6H,2H2,1H3. The fraction of sp³-hybridized carbons (Fsp3) is 0.200. The van der Waals surface area contributed by atoms with Crippen molar-refractivity contribution in [2.24, 2.45) is 0 Å². The molecule has 0 atom stereocenters. The van der Waals surface area contributed by atoms with Gasteiger partial charge in [0.25, 0.3) is 0 Å². The molecular formula is C10H9BrN2S. The van der Waals surface area contributed by atoms with E-state index >= 15 is 0 Å². The molecule has 2 nitrogen and oxygen atoms in total. The molecule has 0 aliphatic carbocycles. The summed E-state index contributed by atoms with van der Waals surface area (Å²) in [4.78, 5) is 8.77. The van der Waals surface area contributed by atoms with Gasteiger partial charge in [-0.15, -0.1) is 11.3 Å². The molecule has 0 aliphatic rings. The Balaban J connectivity index is 2.34. The lowest BCUT2D eigenvalue weighted by Crippen LogP contribution is -1.83. The number of aryl methyl sites for hydroxylation is 1. The average Bonchev–Trinajstić information content (AvgIpc) is 2.67. The van der Waals surface area contributed by atoms with E-state index in [-0.39, 0.29) is 0 Å². The van der Waals surface area contributed by atoms with E-state index in [9.17, 15) is 0 Å². The van der Waals surface area contributed by atoms with Gasteiger partial charge in [-0.05, 0) is 34.5 Å². The third kappa shape index (κ3) is 2.01. The number of pyridine rings is 1. The fourth-order valence-electron chi connectivity index (χ4n) is 1.09. The third-order valence-corrected chi connectivity index (χ3v) is 3.24. The highest BCUT2D eigenvalue weighted by Crippen LogP contribution is 2.22. The quantitative estimate of drug-likeness (QED) is 0.833. The lowest BCUT2D eigenvalue weighted by atomic mass is 10.3. The van der Waals surface area contributed by atoms with Crippen LogP contribution >= 0.6 is 27.3 Å². The third-order valence-electron chi connectivity index (χ3n) is 1.86. The van der Waals surface area contributed by atoms with Gasteiger partial charge in [-0.25, -0.2) is 4.98 Å². The Morgan fingerprint density at radius 1 is 1.43 bits per heavy atom. The molecular weight excluding hydrogens is 260 g/mol. The SMILES string of the molecule is CCc1csc(-c2ccc(Br)cn2)n1. The molecule has 4 heteroatoms. The normalized spacial score (nSPS) is 10.4. The molecule has 2 aromatic rings. The van der Waals surface area contributed by atoms with Gasteiger partial charge < -0.3 is 0 Å². The maximum absolute atomic E-state index is 4.47. The van der Waals surface area contributed by atoms with Gasteiger partial charge in [0.2, 0.25) is 0 Å². The second-order valence-electron chi connectivity index (χ2n) is 2.86. The molecule has 0 unspecified atom stereocenters. The van der Waals surface area contributed by atoms with Crippen LogP contribution in [0.1, 0.15) is 12.6 Å². The topological polar surface area (TPSA) is 25.8 Å². The highest BCUT2D eigenvalue weighted by molar-refractivity contribution is 9.10. The first-order valence-corrected chi connectivity index (χ1v) is 6.03. The van der Waals surface area contributed by atoms with Gasteiger partial charge in [0.1, 0.15) is 5.01 Å². The van der Waals surface area contributed by atoms with Crippen molar-refractivity contribution in [1.29, 1.82) is 0 Å². The second kappa shape index (κ2) is 4.19. The minimum atomic E-state index is 0.943. The van der Waals surface area contributed by atoms with Crippen LogP contribution in [-0.2, 0) is 6.42 Å². The maximum atomic E-state index is 4.47. The summed E-state index contributed by atoms with van der Waals surface area (Å²) in [5, 5.41) is 3.08. The molecule has 0 N–H and O–H groups in total. The molecule has 0 aliphatic heterocycles. The average molecular weight is 269 g/mol. The predicted molar refractivity (Wildman–Crippen MR) is 62.4 cm³/mol. The highest BCUT2D eigenvalue weighted by Gasteiger charge is 2.04. The summed E-state index contributed by atoms with van der Waals surface area (Å²) in [5.41, 5.74) is 2.08. The molecule has 0 saturated carbocycles. The van der Waals surface area contributed by atoms with Crippen molar-refractivity contribution < 1.29 is 0 Å². The summed E-state index contributed by atoms with van der Waals surface area (Å²) >= 11 is 5.00. The van der Waals surface area contributed by atoms with Crippen molar-refractivity contribution in [3.8, 4) is 10.7 Å². The van der Waals surface area contributed by atoms with Crippen LogP contribution in [-0.4, -0.2) is 9.97 Å². The lowest BCUT2D eigenvalue weighted by molar-refractivity contribution is 1.06. The van der Waals surface area contributed by atoms with Crippen LogP contribution in [0.4, 0.5) is 0 Å². The Bertz CT molecular complexity index is 422. The van der Waals surface area contributed by atoms with Crippen LogP contribution in [0.3, 0.4) is 0 Å². The molecule has 0 radical (unpaired) electrons. The summed E-state index contributed by atoms with van der Waals surface area (Å²) in [5.74, 6) is 0. The summed E-state index contributed by atoms with van der Waals surface area (Å²) < 4.78 is 0.994. The smallest absolute Gasteiger partial charge is 0.142 e. The summed E-state index contributed by atoms with van der Waals surface area (Å²) in [6, 6.07) is 3.96. The van der Waals surface area contributed by atoms with Crippen molar-refractivity contribution in [3.05, 3.63) is 33.9 Å². The van der Waals surface area contributed by atoms with E-state index in [2.05, 4.69) is 38.2 Å². The van der Waals surface area contributed by atoms with Gasteiger partial charge in [-0.2, -0.15) is 0 Å². The van der Waals surface area contributed by atoms with Gasteiger partial charge in [0.15, 0.2) is 0 Å². The minimum Gasteiger partial charge on any atom is -0.253 e. The Labute approximate surface area is 95.2 Å². The number of halogens is 1. The highest BCUT2D eigenvalue weighted by atomic mass is 79.9. The first-order valence-electron chi connectivity index (χ1n) is 4.36. The number of thiazole rings is 1. The van der Waals surface area contributed by atoms with E-state index in [0.717, 1.165) is 27.3 Å². The van der Waals surface area contributed by atoms with Gasteiger partial charge in [0, 0.05) is 16.0 Å². The summed E-state index contributed by atoms with van der Waals surface area (Å²) in [6.45, 7) is 2.11. The van der Waals surface area contributed by atoms with Gasteiger partial charge in [0.05, 0.1) is 11.4 Å². The molecule has 14 heavy (non-hydrogen) atoms. The molecule has 2 aromatic heterocycles. The predicted octanol–water partition coefficient (Wildman–Crippen LogP) is 3.53. The van der Waals surface area contributed by atoms with Crippen molar-refractivity contribution in [2.75, 3.05) is 0 Å². The Hall–Kier alpha value is -0.740. The van der Waals surface area contributed by atoms with Crippen LogP contribution in [0.25, 0.3) is 10.7 Å². The molecule has 2 rings (SSSR count). The molecule has 0 aromatic carbocycles. The van der Waals surface area contributed by atoms with E-state index in [1.165, 1.54) is 0 Å². The number of nitrogens with zero attached hydrogens (tertiary/aromatic N) is 2. The van der Waals surface area contributed by atoms with Gasteiger partial charge >= 0.3 is 0 Å². The van der Waals surface area contributed by atoms with Crippen LogP contribution in [0.2, 0.25) is 0 Å². The molecule has 0 bridgehead atoms. The van der Waals surface area contributed by atoms with Crippen LogP contribution < -0.4 is 0 Å². The van der Waals surface area contributed by atoms with Crippen molar-refractivity contribution in [3.63, 3.8) is 0 Å². The number of rotatable bonds is 2. The van der Waals surface area contributed by atoms with Crippen LogP contribution in [0.5, 0.6) is 0 Å². The summed E-state index contributed by atoms with van der Waals surface area (Å²) in [7, 11) is 0. The van der Waals surface area contributed by atoms with Gasteiger partial charge in [-0.3, -0.25) is 4.98 Å². The molecule has 0 amide bonds. The zero-order valence-electron chi connectivity index (χ0n) is 7.70. The molecule has 0 fully saturated rings. The molecule has 72 valence electrons. The minimum absolute atomic E-state index is 0.943. The van der Waals surface area contributed by atoms with Crippen molar-refractivity contribution in [2.45, 2.75) is 13.3 Å². The fourth-order valence-corrected chi connectivity index (χ4v) is 2.20. The lowest BCUT2D eigenvalue weighted by Gasteiger charge is -1.94. The molecule has 0 saturated heterocycles. The first kappa shape index (κ1) is 9.80. The van der Waals surface area contributed by atoms with Crippen LogP contribution in [0.15, 0.2) is 28.2 Å². The second-order valence-corrected chi connectivity index (χ2v) is 4.63. The van der Waals surface area contributed by atoms with Gasteiger partial charge in [-0.1, -0.05) is 6.92 Å². The Kier molecular flexibility index (Phi) is 2.93. The van der Waals surface area contributed by atoms with Crippen molar-refractivity contribution in [1.82, 2.24) is 9.97 Å². The van der Waals surface area contributed by atoms with Crippen molar-refractivity contribution >= 4 is 27.3 Å². The van der Waals surface area contributed by atoms with E-state index < -0.39 is 0 Å². The molecule has 0 spiro atoms. The zero-order valence-corrected chi connectivity index (χ0v) is 10.1. The number of aromatic nitrogens is 2. The maximum Gasteiger partial charge on any atom is 0.142 e. The summed E-state index contributed by atoms with van der Waals surface area (Å²) in [6.07, 6.45) is 2.77. The Morgan fingerprint density at radius 2 is 2.29 bits per heavy atom. The van der Waals surface area contributed by atoms with E-state index in [4.69, 9.17) is 0 Å². The number of hydrogen-bond donors (Lipinski definition) is 0. The zero-order chi connectivity index (χ0) is 9.97. The van der Waals surface area contributed by atoms with E-state index in [1.807, 2.05) is 12.1 Å².